The van der Waals surface area contributed by atoms with E-state index in [-0.39, 0.29) is 24.4 Å². The molecule has 0 aromatic heterocycles. The monoisotopic (exact) mass is 317 g/mol. The van der Waals surface area contributed by atoms with Gasteiger partial charge in [-0.1, -0.05) is 38.3 Å². The summed E-state index contributed by atoms with van der Waals surface area (Å²) in [5.74, 6) is -0.0905. The largest absolute Gasteiger partial charge is 0.338 e. The highest BCUT2D eigenvalue weighted by molar-refractivity contribution is 5.91. The zero-order valence-electron chi connectivity index (χ0n) is 13.9. The van der Waals surface area contributed by atoms with Crippen LogP contribution < -0.4 is 16.0 Å². The van der Waals surface area contributed by atoms with Gasteiger partial charge in [-0.25, -0.2) is 4.79 Å². The standard InChI is InChI=1S/C18H27N3O2/c1-2-14-8-10-16(11-9-14)20-17(22)12-13-19-18(23)21-15-6-4-3-5-7-15/h8-11,15H,2-7,12-13H2,1H3,(H,20,22)(H2,19,21,23). The molecule has 0 unspecified atom stereocenters. The molecule has 1 saturated carbocycles. The summed E-state index contributed by atoms with van der Waals surface area (Å²) in [5, 5.41) is 8.56. The maximum atomic E-state index is 11.9. The zero-order chi connectivity index (χ0) is 16.5. The van der Waals surface area contributed by atoms with Crippen LogP contribution >= 0.6 is 0 Å². The second kappa shape index (κ2) is 9.18. The molecule has 1 aromatic rings. The molecular weight excluding hydrogens is 290 g/mol. The van der Waals surface area contributed by atoms with Gasteiger partial charge in [0.2, 0.25) is 5.91 Å². The van der Waals surface area contributed by atoms with E-state index in [0.29, 0.717) is 6.54 Å². The molecule has 0 aliphatic heterocycles. The summed E-state index contributed by atoms with van der Waals surface area (Å²) < 4.78 is 0. The van der Waals surface area contributed by atoms with Gasteiger partial charge in [-0.05, 0) is 37.0 Å². The maximum absolute atomic E-state index is 11.9. The number of aryl methyl sites for hydroxylation is 1. The minimum Gasteiger partial charge on any atom is -0.338 e. The summed E-state index contributed by atoms with van der Waals surface area (Å²) in [6, 6.07) is 7.93. The van der Waals surface area contributed by atoms with Gasteiger partial charge in [-0.2, -0.15) is 0 Å². The van der Waals surface area contributed by atoms with Crippen molar-refractivity contribution < 1.29 is 9.59 Å². The Morgan fingerprint density at radius 3 is 2.43 bits per heavy atom. The highest BCUT2D eigenvalue weighted by atomic mass is 16.2. The number of carbonyl (C=O) groups excluding carboxylic acids is 2. The predicted molar refractivity (Wildman–Crippen MR) is 92.5 cm³/mol. The second-order valence-corrected chi connectivity index (χ2v) is 6.08. The van der Waals surface area contributed by atoms with E-state index >= 15 is 0 Å². The number of benzene rings is 1. The van der Waals surface area contributed by atoms with Crippen LogP contribution in [0.2, 0.25) is 0 Å². The first kappa shape index (κ1) is 17.3. The van der Waals surface area contributed by atoms with E-state index in [1.54, 1.807) is 0 Å². The minimum atomic E-state index is -0.169. The zero-order valence-corrected chi connectivity index (χ0v) is 13.9. The molecule has 1 aliphatic carbocycles. The first-order chi connectivity index (χ1) is 11.2. The van der Waals surface area contributed by atoms with Gasteiger partial charge >= 0.3 is 6.03 Å². The van der Waals surface area contributed by atoms with Crippen LogP contribution in [0.3, 0.4) is 0 Å². The van der Waals surface area contributed by atoms with E-state index in [0.717, 1.165) is 24.9 Å². The lowest BCUT2D eigenvalue weighted by Crippen LogP contribution is -2.43. The van der Waals surface area contributed by atoms with Gasteiger partial charge in [0.05, 0.1) is 0 Å². The molecule has 0 radical (unpaired) electrons. The van der Waals surface area contributed by atoms with Crippen LogP contribution in [0.25, 0.3) is 0 Å². The molecular formula is C18H27N3O2. The number of urea groups is 1. The molecule has 1 aliphatic rings. The molecule has 1 fully saturated rings. The normalized spacial score (nSPS) is 15.0. The van der Waals surface area contributed by atoms with Crippen molar-refractivity contribution in [2.75, 3.05) is 11.9 Å². The fourth-order valence-electron chi connectivity index (χ4n) is 2.82. The number of rotatable bonds is 6. The second-order valence-electron chi connectivity index (χ2n) is 6.08. The van der Waals surface area contributed by atoms with Crippen molar-refractivity contribution in [3.63, 3.8) is 0 Å². The molecule has 3 amide bonds. The van der Waals surface area contributed by atoms with E-state index < -0.39 is 0 Å². The summed E-state index contributed by atoms with van der Waals surface area (Å²) in [6.07, 6.45) is 7.00. The summed E-state index contributed by atoms with van der Waals surface area (Å²) in [7, 11) is 0. The van der Waals surface area contributed by atoms with E-state index in [9.17, 15) is 9.59 Å². The third kappa shape index (κ3) is 6.30. The summed E-state index contributed by atoms with van der Waals surface area (Å²) in [4.78, 5) is 23.6. The van der Waals surface area contributed by atoms with Crippen molar-refractivity contribution in [3.8, 4) is 0 Å². The average Bonchev–Trinajstić information content (AvgIpc) is 2.56. The lowest BCUT2D eigenvalue weighted by Gasteiger charge is -2.22. The summed E-state index contributed by atoms with van der Waals surface area (Å²) in [5.41, 5.74) is 2.03. The highest BCUT2D eigenvalue weighted by Gasteiger charge is 2.15. The Bertz CT molecular complexity index is 508. The van der Waals surface area contributed by atoms with Crippen molar-refractivity contribution in [2.45, 2.75) is 57.9 Å². The Kier molecular flexibility index (Phi) is 6.91. The van der Waals surface area contributed by atoms with Crippen molar-refractivity contribution in [2.24, 2.45) is 0 Å². The van der Waals surface area contributed by atoms with Crippen LogP contribution in [0.5, 0.6) is 0 Å². The molecule has 2 rings (SSSR count). The minimum absolute atomic E-state index is 0.0905. The predicted octanol–water partition coefficient (Wildman–Crippen LogP) is 3.21. The van der Waals surface area contributed by atoms with Crippen LogP contribution in [-0.4, -0.2) is 24.5 Å². The fraction of sp³-hybridized carbons (Fsp3) is 0.556. The average molecular weight is 317 g/mol. The molecule has 0 saturated heterocycles. The van der Waals surface area contributed by atoms with Crippen LogP contribution in [0.4, 0.5) is 10.5 Å². The van der Waals surface area contributed by atoms with Gasteiger partial charge < -0.3 is 16.0 Å². The fourth-order valence-corrected chi connectivity index (χ4v) is 2.82. The SMILES string of the molecule is CCc1ccc(NC(=O)CCNC(=O)NC2CCCCC2)cc1. The van der Waals surface area contributed by atoms with Gasteiger partial charge in [-0.3, -0.25) is 4.79 Å². The molecule has 0 atom stereocenters. The van der Waals surface area contributed by atoms with E-state index in [4.69, 9.17) is 0 Å². The number of anilines is 1. The molecule has 3 N–H and O–H groups in total. The number of amides is 3. The Hall–Kier alpha value is -2.04. The van der Waals surface area contributed by atoms with E-state index in [1.807, 2.05) is 24.3 Å². The van der Waals surface area contributed by atoms with Crippen molar-refractivity contribution >= 4 is 17.6 Å². The van der Waals surface area contributed by atoms with Gasteiger partial charge in [-0.15, -0.1) is 0 Å². The molecule has 0 spiro atoms. The van der Waals surface area contributed by atoms with Crippen LogP contribution in [0.1, 0.15) is 51.0 Å². The quantitative estimate of drug-likeness (QED) is 0.754. The topological polar surface area (TPSA) is 70.2 Å². The van der Waals surface area contributed by atoms with Crippen LogP contribution in [-0.2, 0) is 11.2 Å². The van der Waals surface area contributed by atoms with Gasteiger partial charge in [0.15, 0.2) is 0 Å². The molecule has 0 heterocycles. The molecule has 23 heavy (non-hydrogen) atoms. The smallest absolute Gasteiger partial charge is 0.315 e. The van der Waals surface area contributed by atoms with Crippen LogP contribution in [0, 0.1) is 0 Å². The van der Waals surface area contributed by atoms with Crippen molar-refractivity contribution in [1.82, 2.24) is 10.6 Å². The number of carbonyl (C=O) groups is 2. The number of nitrogens with one attached hydrogen (secondary N) is 3. The Morgan fingerprint density at radius 2 is 1.78 bits per heavy atom. The van der Waals surface area contributed by atoms with Crippen molar-refractivity contribution in [1.29, 1.82) is 0 Å². The molecule has 5 nitrogen and oxygen atoms in total. The van der Waals surface area contributed by atoms with Gasteiger partial charge in [0.1, 0.15) is 0 Å². The lowest BCUT2D eigenvalue weighted by molar-refractivity contribution is -0.116. The van der Waals surface area contributed by atoms with E-state index in [1.165, 1.54) is 24.8 Å². The molecule has 126 valence electrons. The lowest BCUT2D eigenvalue weighted by atomic mass is 9.96. The van der Waals surface area contributed by atoms with Gasteiger partial charge in [0, 0.05) is 24.7 Å². The first-order valence-corrected chi connectivity index (χ1v) is 8.60. The number of hydrogen-bond donors (Lipinski definition) is 3. The van der Waals surface area contributed by atoms with Gasteiger partial charge in [0.25, 0.3) is 0 Å². The summed E-state index contributed by atoms with van der Waals surface area (Å²) in [6.45, 7) is 2.44. The molecule has 1 aromatic carbocycles. The third-order valence-electron chi connectivity index (χ3n) is 4.22. The Morgan fingerprint density at radius 1 is 1.09 bits per heavy atom. The van der Waals surface area contributed by atoms with Crippen molar-refractivity contribution in [3.05, 3.63) is 29.8 Å². The Labute approximate surface area is 138 Å². The highest BCUT2D eigenvalue weighted by Crippen LogP contribution is 2.17. The maximum Gasteiger partial charge on any atom is 0.315 e. The third-order valence-corrected chi connectivity index (χ3v) is 4.22. The first-order valence-electron chi connectivity index (χ1n) is 8.60. The molecule has 5 heteroatoms. The Balaban J connectivity index is 1.62. The molecule has 0 bridgehead atoms. The van der Waals surface area contributed by atoms with E-state index in [2.05, 4.69) is 22.9 Å². The van der Waals surface area contributed by atoms with Crippen LogP contribution in [0.15, 0.2) is 24.3 Å². The number of hydrogen-bond acceptors (Lipinski definition) is 2. The summed E-state index contributed by atoms with van der Waals surface area (Å²) >= 11 is 0.